The number of carbonyl (C=O) groups is 1. The number of nitrogens with zero attached hydrogens (tertiary/aromatic N) is 3. The van der Waals surface area contributed by atoms with Gasteiger partial charge in [-0.05, 0) is 6.92 Å². The maximum atomic E-state index is 11.8. The van der Waals surface area contributed by atoms with Gasteiger partial charge in [0.15, 0.2) is 0 Å². The Bertz CT molecular complexity index is 558. The van der Waals surface area contributed by atoms with E-state index in [0.717, 1.165) is 4.57 Å². The van der Waals surface area contributed by atoms with E-state index in [1.807, 2.05) is 0 Å². The minimum absolute atomic E-state index is 0.0969. The molecule has 0 radical (unpaired) electrons. The van der Waals surface area contributed by atoms with Gasteiger partial charge in [-0.1, -0.05) is 0 Å². The van der Waals surface area contributed by atoms with Crippen molar-refractivity contribution < 1.29 is 9.53 Å². The molecule has 0 N–H and O–H groups in total. The molecule has 1 heterocycles. The average Bonchev–Trinajstić information content (AvgIpc) is 2.33. The first-order valence-corrected chi connectivity index (χ1v) is 5.52. The Balaban J connectivity index is 3.03. The van der Waals surface area contributed by atoms with Gasteiger partial charge >= 0.3 is 11.8 Å². The number of hydrogen-bond acceptors (Lipinski definition) is 4. The van der Waals surface area contributed by atoms with Crippen LogP contribution < -0.4 is 11.2 Å². The highest BCUT2D eigenvalue weighted by Gasteiger charge is 2.13. The monoisotopic (exact) mass is 255 g/mol. The Hall–Kier alpha value is -2.05. The van der Waals surface area contributed by atoms with Crippen LogP contribution in [-0.4, -0.2) is 33.8 Å². The second-order valence-corrected chi connectivity index (χ2v) is 3.97. The Kier molecular flexibility index (Phi) is 4.30. The molecule has 0 fully saturated rings. The van der Waals surface area contributed by atoms with Gasteiger partial charge in [0.1, 0.15) is 0 Å². The van der Waals surface area contributed by atoms with Crippen molar-refractivity contribution in [1.29, 1.82) is 0 Å². The van der Waals surface area contributed by atoms with E-state index in [0.29, 0.717) is 5.56 Å². The van der Waals surface area contributed by atoms with Crippen molar-refractivity contribution in [2.45, 2.75) is 13.5 Å². The van der Waals surface area contributed by atoms with Crippen molar-refractivity contribution in [2.24, 2.45) is 14.1 Å². The summed E-state index contributed by atoms with van der Waals surface area (Å²) in [5, 5.41) is 0. The first-order valence-electron chi connectivity index (χ1n) is 5.52. The molecule has 0 saturated carbocycles. The van der Waals surface area contributed by atoms with Crippen LogP contribution >= 0.6 is 0 Å². The summed E-state index contributed by atoms with van der Waals surface area (Å²) in [6.45, 7) is 2.07. The molecule has 0 aliphatic rings. The van der Waals surface area contributed by atoms with Crippen molar-refractivity contribution in [1.82, 2.24) is 14.0 Å². The highest BCUT2D eigenvalue weighted by molar-refractivity contribution is 5.67. The minimum atomic E-state index is -0.506. The molecule has 1 aromatic heterocycles. The first kappa shape index (κ1) is 14.0. The van der Waals surface area contributed by atoms with Crippen LogP contribution in [0.3, 0.4) is 0 Å². The fraction of sp³-hybridized carbons (Fsp3) is 0.545. The zero-order valence-electron chi connectivity index (χ0n) is 11.0. The molecule has 1 rings (SSSR count). The summed E-state index contributed by atoms with van der Waals surface area (Å²) < 4.78 is 7.12. The standard InChI is InChI=1S/C11H17N3O4/c1-5-18-11(17)13(3)7-8-6-12(2)10(16)14(4)9(8)15/h6H,5,7H2,1-4H3. The number of aryl methyl sites for hydroxylation is 1. The second kappa shape index (κ2) is 5.52. The smallest absolute Gasteiger partial charge is 0.409 e. The zero-order valence-corrected chi connectivity index (χ0v) is 11.0. The zero-order chi connectivity index (χ0) is 13.9. The van der Waals surface area contributed by atoms with E-state index in [9.17, 15) is 14.4 Å². The Morgan fingerprint density at radius 3 is 2.56 bits per heavy atom. The van der Waals surface area contributed by atoms with Gasteiger partial charge in [-0.15, -0.1) is 0 Å². The summed E-state index contributed by atoms with van der Waals surface area (Å²) in [7, 11) is 4.48. The van der Waals surface area contributed by atoms with Crippen LogP contribution in [0.2, 0.25) is 0 Å². The van der Waals surface area contributed by atoms with Crippen molar-refractivity contribution in [3.8, 4) is 0 Å². The maximum Gasteiger partial charge on any atom is 0.409 e. The van der Waals surface area contributed by atoms with Gasteiger partial charge < -0.3 is 14.2 Å². The van der Waals surface area contributed by atoms with Gasteiger partial charge in [-0.2, -0.15) is 0 Å². The van der Waals surface area contributed by atoms with Crippen LogP contribution in [0, 0.1) is 0 Å². The molecule has 0 unspecified atom stereocenters. The summed E-state index contributed by atoms with van der Waals surface area (Å²) in [5.74, 6) is 0. The third-order valence-corrected chi connectivity index (χ3v) is 2.50. The van der Waals surface area contributed by atoms with Gasteiger partial charge in [0.05, 0.1) is 18.7 Å². The number of hydrogen-bond donors (Lipinski definition) is 0. The molecule has 18 heavy (non-hydrogen) atoms. The number of aromatic nitrogens is 2. The van der Waals surface area contributed by atoms with Crippen LogP contribution in [0.25, 0.3) is 0 Å². The topological polar surface area (TPSA) is 73.5 Å². The highest BCUT2D eigenvalue weighted by Crippen LogP contribution is 1.98. The molecule has 1 amide bonds. The summed E-state index contributed by atoms with van der Waals surface area (Å²) in [5.41, 5.74) is -0.452. The van der Waals surface area contributed by atoms with Crippen molar-refractivity contribution in [3.63, 3.8) is 0 Å². The molecule has 7 nitrogen and oxygen atoms in total. The van der Waals surface area contributed by atoms with Gasteiger partial charge in [-0.3, -0.25) is 9.36 Å². The third-order valence-electron chi connectivity index (χ3n) is 2.50. The van der Waals surface area contributed by atoms with Crippen molar-refractivity contribution in [3.05, 3.63) is 32.6 Å². The molecule has 0 spiro atoms. The predicted molar refractivity (Wildman–Crippen MR) is 65.4 cm³/mol. The normalized spacial score (nSPS) is 10.2. The minimum Gasteiger partial charge on any atom is -0.450 e. The molecule has 0 aliphatic heterocycles. The maximum absolute atomic E-state index is 11.8. The van der Waals surface area contributed by atoms with Gasteiger partial charge in [-0.25, -0.2) is 9.59 Å². The molecule has 100 valence electrons. The molecular weight excluding hydrogens is 238 g/mol. The van der Waals surface area contributed by atoms with Crippen LogP contribution in [0.15, 0.2) is 15.8 Å². The second-order valence-electron chi connectivity index (χ2n) is 3.97. The van der Waals surface area contributed by atoms with E-state index in [1.165, 1.54) is 29.8 Å². The van der Waals surface area contributed by atoms with Crippen LogP contribution in [-0.2, 0) is 25.4 Å². The van der Waals surface area contributed by atoms with Crippen molar-refractivity contribution >= 4 is 6.09 Å². The molecule has 7 heteroatoms. The lowest BCUT2D eigenvalue weighted by atomic mass is 10.3. The fourth-order valence-electron chi connectivity index (χ4n) is 1.55. The number of carbonyl (C=O) groups excluding carboxylic acids is 1. The number of amides is 1. The third kappa shape index (κ3) is 2.79. The molecular formula is C11H17N3O4. The summed E-state index contributed by atoms with van der Waals surface area (Å²) in [6.07, 6.45) is 0.925. The van der Waals surface area contributed by atoms with E-state index >= 15 is 0 Å². The highest BCUT2D eigenvalue weighted by atomic mass is 16.5. The summed E-state index contributed by atoms with van der Waals surface area (Å²) >= 11 is 0. The lowest BCUT2D eigenvalue weighted by molar-refractivity contribution is 0.114. The predicted octanol–water partition coefficient (Wildman–Crippen LogP) is -0.328. The van der Waals surface area contributed by atoms with E-state index in [-0.39, 0.29) is 13.2 Å². The van der Waals surface area contributed by atoms with Gasteiger partial charge in [0.2, 0.25) is 0 Å². The molecule has 0 bridgehead atoms. The average molecular weight is 255 g/mol. The first-order chi connectivity index (χ1) is 8.38. The summed E-state index contributed by atoms with van der Waals surface area (Å²) in [6, 6.07) is 0. The molecule has 0 atom stereocenters. The molecule has 0 aliphatic carbocycles. The molecule has 1 aromatic rings. The SMILES string of the molecule is CCOC(=O)N(C)Cc1cn(C)c(=O)n(C)c1=O. The molecule has 0 aromatic carbocycles. The Morgan fingerprint density at radius 1 is 1.39 bits per heavy atom. The van der Waals surface area contributed by atoms with Gasteiger partial charge in [0.25, 0.3) is 5.56 Å². The Labute approximate surface area is 104 Å². The Morgan fingerprint density at radius 2 is 2.00 bits per heavy atom. The molecule has 0 saturated heterocycles. The largest absolute Gasteiger partial charge is 0.450 e. The quantitative estimate of drug-likeness (QED) is 0.741. The number of ether oxygens (including phenoxy) is 1. The van der Waals surface area contributed by atoms with Gasteiger partial charge in [0, 0.05) is 27.3 Å². The lowest BCUT2D eigenvalue weighted by Gasteiger charge is -2.16. The number of rotatable bonds is 3. The van der Waals surface area contributed by atoms with E-state index < -0.39 is 17.3 Å². The van der Waals surface area contributed by atoms with Crippen LogP contribution in [0.5, 0.6) is 0 Å². The van der Waals surface area contributed by atoms with Crippen molar-refractivity contribution in [2.75, 3.05) is 13.7 Å². The van der Waals surface area contributed by atoms with E-state index in [4.69, 9.17) is 4.74 Å². The van der Waals surface area contributed by atoms with Crippen LogP contribution in [0.1, 0.15) is 12.5 Å². The summed E-state index contributed by atoms with van der Waals surface area (Å²) in [4.78, 5) is 36.0. The fourth-order valence-corrected chi connectivity index (χ4v) is 1.55. The lowest BCUT2D eigenvalue weighted by Crippen LogP contribution is -2.40. The van der Waals surface area contributed by atoms with E-state index in [2.05, 4.69) is 0 Å². The van der Waals surface area contributed by atoms with Crippen LogP contribution in [0.4, 0.5) is 4.79 Å². The van der Waals surface area contributed by atoms with E-state index in [1.54, 1.807) is 14.0 Å².